The standard InChI is InChI=1S/C22H30N2O3/c25-19-9-16-27-21(17-23-19)12-14-24(15-13-21)20(26)22(10-5-2-6-11-22)18-7-3-1-4-8-18/h1,3-4,7-8H,2,5-6,9-17H2,(H,23,25). The lowest BCUT2D eigenvalue weighted by molar-refractivity contribution is -0.145. The van der Waals surface area contributed by atoms with Gasteiger partial charge in [0.25, 0.3) is 0 Å². The lowest BCUT2D eigenvalue weighted by Crippen LogP contribution is -2.56. The van der Waals surface area contributed by atoms with Crippen LogP contribution in [0.1, 0.15) is 56.9 Å². The maximum Gasteiger partial charge on any atom is 0.233 e. The summed E-state index contributed by atoms with van der Waals surface area (Å²) in [6, 6.07) is 10.4. The number of rotatable bonds is 2. The molecule has 2 amide bonds. The van der Waals surface area contributed by atoms with Gasteiger partial charge >= 0.3 is 0 Å². The highest BCUT2D eigenvalue weighted by atomic mass is 16.5. The van der Waals surface area contributed by atoms with Gasteiger partial charge in [-0.2, -0.15) is 0 Å². The van der Waals surface area contributed by atoms with Crippen molar-refractivity contribution < 1.29 is 14.3 Å². The number of carbonyl (C=O) groups excluding carboxylic acids is 2. The molecule has 1 N–H and O–H groups in total. The highest BCUT2D eigenvalue weighted by Crippen LogP contribution is 2.42. The number of ether oxygens (including phenoxy) is 1. The molecule has 0 atom stereocenters. The fourth-order valence-corrected chi connectivity index (χ4v) is 5.04. The molecule has 3 fully saturated rings. The van der Waals surface area contributed by atoms with Gasteiger partial charge in [0.1, 0.15) is 0 Å². The monoisotopic (exact) mass is 370 g/mol. The zero-order valence-electron chi connectivity index (χ0n) is 16.0. The quantitative estimate of drug-likeness (QED) is 0.871. The number of amides is 2. The summed E-state index contributed by atoms with van der Waals surface area (Å²) in [5, 5.41) is 2.98. The van der Waals surface area contributed by atoms with Gasteiger partial charge in [0, 0.05) is 26.1 Å². The predicted octanol–water partition coefficient (Wildman–Crippen LogP) is 2.79. The molecule has 2 aliphatic heterocycles. The van der Waals surface area contributed by atoms with Crippen LogP contribution in [-0.2, 0) is 19.7 Å². The first kappa shape index (κ1) is 18.5. The van der Waals surface area contributed by atoms with Crippen molar-refractivity contribution in [3.63, 3.8) is 0 Å². The normalized spacial score (nSPS) is 24.9. The molecule has 2 heterocycles. The van der Waals surface area contributed by atoms with Crippen LogP contribution in [0.5, 0.6) is 0 Å². The summed E-state index contributed by atoms with van der Waals surface area (Å²) in [5.74, 6) is 0.358. The van der Waals surface area contributed by atoms with Crippen LogP contribution in [0, 0.1) is 0 Å². The summed E-state index contributed by atoms with van der Waals surface area (Å²) in [7, 11) is 0. The van der Waals surface area contributed by atoms with Crippen LogP contribution in [0.2, 0.25) is 0 Å². The first-order chi connectivity index (χ1) is 13.1. The zero-order chi connectivity index (χ0) is 18.7. The van der Waals surface area contributed by atoms with Crippen molar-refractivity contribution in [2.75, 3.05) is 26.2 Å². The Kier molecular flexibility index (Phi) is 5.22. The Balaban J connectivity index is 1.49. The van der Waals surface area contributed by atoms with Crippen LogP contribution in [-0.4, -0.2) is 48.6 Å². The van der Waals surface area contributed by atoms with E-state index >= 15 is 0 Å². The number of hydrogen-bond acceptors (Lipinski definition) is 3. The smallest absolute Gasteiger partial charge is 0.233 e. The number of likely N-dealkylation sites (tertiary alicyclic amines) is 1. The fraction of sp³-hybridized carbons (Fsp3) is 0.636. The van der Waals surface area contributed by atoms with E-state index in [0.29, 0.717) is 38.6 Å². The Morgan fingerprint density at radius 1 is 1.00 bits per heavy atom. The topological polar surface area (TPSA) is 58.6 Å². The van der Waals surface area contributed by atoms with Gasteiger partial charge in [-0.15, -0.1) is 0 Å². The molecular weight excluding hydrogens is 340 g/mol. The lowest BCUT2D eigenvalue weighted by Gasteiger charge is -2.45. The Hall–Kier alpha value is -1.88. The number of hydrogen-bond donors (Lipinski definition) is 1. The van der Waals surface area contributed by atoms with Crippen LogP contribution in [0.15, 0.2) is 30.3 Å². The van der Waals surface area contributed by atoms with Gasteiger partial charge in [-0.3, -0.25) is 9.59 Å². The van der Waals surface area contributed by atoms with Crippen molar-refractivity contribution in [1.29, 1.82) is 0 Å². The van der Waals surface area contributed by atoms with Gasteiger partial charge in [0.15, 0.2) is 0 Å². The molecule has 1 aliphatic carbocycles. The highest BCUT2D eigenvalue weighted by molar-refractivity contribution is 5.88. The van der Waals surface area contributed by atoms with Gasteiger partial charge in [0.2, 0.25) is 11.8 Å². The van der Waals surface area contributed by atoms with Crippen molar-refractivity contribution >= 4 is 11.8 Å². The summed E-state index contributed by atoms with van der Waals surface area (Å²) in [5.41, 5.74) is 0.519. The summed E-state index contributed by atoms with van der Waals surface area (Å²) < 4.78 is 6.06. The molecule has 1 spiro atoms. The van der Waals surface area contributed by atoms with E-state index in [2.05, 4.69) is 22.3 Å². The van der Waals surface area contributed by atoms with Crippen LogP contribution in [0.25, 0.3) is 0 Å². The first-order valence-corrected chi connectivity index (χ1v) is 10.4. The summed E-state index contributed by atoms with van der Waals surface area (Å²) >= 11 is 0. The summed E-state index contributed by atoms with van der Waals surface area (Å²) in [6.07, 6.45) is 7.38. The minimum atomic E-state index is -0.359. The van der Waals surface area contributed by atoms with Crippen LogP contribution < -0.4 is 5.32 Å². The molecular formula is C22H30N2O3. The third-order valence-electron chi connectivity index (χ3n) is 6.75. The number of benzene rings is 1. The average Bonchev–Trinajstić information content (AvgIpc) is 2.91. The van der Waals surface area contributed by atoms with Crippen molar-refractivity contribution in [3.8, 4) is 0 Å². The molecule has 146 valence electrons. The first-order valence-electron chi connectivity index (χ1n) is 10.4. The van der Waals surface area contributed by atoms with E-state index in [9.17, 15) is 9.59 Å². The van der Waals surface area contributed by atoms with Gasteiger partial charge in [-0.25, -0.2) is 0 Å². The third kappa shape index (κ3) is 3.62. The SMILES string of the molecule is O=C1CCOC2(CCN(C(=O)C3(c4ccccc4)CCCCC3)CC2)CN1. The third-order valence-corrected chi connectivity index (χ3v) is 6.75. The van der Waals surface area contributed by atoms with Gasteiger partial charge in [0.05, 0.1) is 17.6 Å². The van der Waals surface area contributed by atoms with E-state index in [1.165, 1.54) is 12.0 Å². The van der Waals surface area contributed by atoms with Crippen LogP contribution in [0.4, 0.5) is 0 Å². The van der Waals surface area contributed by atoms with Crippen LogP contribution in [0.3, 0.4) is 0 Å². The van der Waals surface area contributed by atoms with E-state index in [1.54, 1.807) is 0 Å². The molecule has 5 heteroatoms. The second-order valence-electron chi connectivity index (χ2n) is 8.36. The number of nitrogens with one attached hydrogen (secondary N) is 1. The molecule has 5 nitrogen and oxygen atoms in total. The fourth-order valence-electron chi connectivity index (χ4n) is 5.04. The number of piperidine rings is 1. The van der Waals surface area contributed by atoms with Gasteiger partial charge in [-0.1, -0.05) is 49.6 Å². The second-order valence-corrected chi connectivity index (χ2v) is 8.36. The van der Waals surface area contributed by atoms with Crippen molar-refractivity contribution in [2.24, 2.45) is 0 Å². The Morgan fingerprint density at radius 3 is 2.41 bits per heavy atom. The minimum absolute atomic E-state index is 0.0654. The summed E-state index contributed by atoms with van der Waals surface area (Å²) in [4.78, 5) is 27.4. The molecule has 0 bridgehead atoms. The molecule has 0 unspecified atom stereocenters. The molecule has 1 aromatic rings. The van der Waals surface area contributed by atoms with Crippen molar-refractivity contribution in [1.82, 2.24) is 10.2 Å². The lowest BCUT2D eigenvalue weighted by atomic mass is 9.68. The van der Waals surface area contributed by atoms with E-state index in [4.69, 9.17) is 4.74 Å². The second kappa shape index (κ2) is 7.63. The minimum Gasteiger partial charge on any atom is -0.372 e. The van der Waals surface area contributed by atoms with Gasteiger partial charge < -0.3 is 15.0 Å². The molecule has 27 heavy (non-hydrogen) atoms. The molecule has 2 saturated heterocycles. The van der Waals surface area contributed by atoms with Crippen molar-refractivity contribution in [3.05, 3.63) is 35.9 Å². The molecule has 0 radical (unpaired) electrons. The van der Waals surface area contributed by atoms with E-state index < -0.39 is 0 Å². The number of carbonyl (C=O) groups is 2. The maximum absolute atomic E-state index is 13.7. The Morgan fingerprint density at radius 2 is 1.70 bits per heavy atom. The molecule has 0 aromatic heterocycles. The predicted molar refractivity (Wildman–Crippen MR) is 103 cm³/mol. The average molecular weight is 370 g/mol. The Labute approximate surface area is 161 Å². The maximum atomic E-state index is 13.7. The van der Waals surface area contributed by atoms with E-state index in [0.717, 1.165) is 38.5 Å². The van der Waals surface area contributed by atoms with Crippen molar-refractivity contribution in [2.45, 2.75) is 62.4 Å². The molecule has 1 saturated carbocycles. The molecule has 3 aliphatic rings. The van der Waals surface area contributed by atoms with E-state index in [1.807, 2.05) is 18.2 Å². The van der Waals surface area contributed by atoms with E-state index in [-0.39, 0.29) is 16.9 Å². The largest absolute Gasteiger partial charge is 0.372 e. The molecule has 4 rings (SSSR count). The number of nitrogens with zero attached hydrogens (tertiary/aromatic N) is 1. The molecule has 1 aromatic carbocycles. The zero-order valence-corrected chi connectivity index (χ0v) is 16.0. The highest BCUT2D eigenvalue weighted by Gasteiger charge is 2.46. The van der Waals surface area contributed by atoms with Gasteiger partial charge in [-0.05, 0) is 31.2 Å². The summed E-state index contributed by atoms with van der Waals surface area (Å²) in [6.45, 7) is 2.47. The van der Waals surface area contributed by atoms with Crippen LogP contribution >= 0.6 is 0 Å². The Bertz CT molecular complexity index is 674.